The minimum Gasteiger partial charge on any atom is -0.363 e. The first kappa shape index (κ1) is 13.7. The van der Waals surface area contributed by atoms with Crippen molar-refractivity contribution in [3.8, 4) is 0 Å². The van der Waals surface area contributed by atoms with E-state index in [9.17, 15) is 9.59 Å². The normalized spacial score (nSPS) is 21.6. The summed E-state index contributed by atoms with van der Waals surface area (Å²) in [5.41, 5.74) is 2.65. The summed E-state index contributed by atoms with van der Waals surface area (Å²) >= 11 is 0. The third-order valence-corrected chi connectivity index (χ3v) is 3.67. The molecule has 1 saturated heterocycles. The highest BCUT2D eigenvalue weighted by molar-refractivity contribution is 5.80. The number of benzene rings is 1. The number of nitrogens with two attached hydrogens (primary N) is 1. The highest BCUT2D eigenvalue weighted by Gasteiger charge is 2.30. The summed E-state index contributed by atoms with van der Waals surface area (Å²) in [6.07, 6.45) is 2.10. The van der Waals surface area contributed by atoms with E-state index >= 15 is 0 Å². The van der Waals surface area contributed by atoms with Crippen LogP contribution in [0.4, 0.5) is 0 Å². The van der Waals surface area contributed by atoms with E-state index in [1.54, 1.807) is 12.1 Å². The topological polar surface area (TPSA) is 99.2 Å². The van der Waals surface area contributed by atoms with Crippen molar-refractivity contribution in [3.63, 3.8) is 0 Å². The van der Waals surface area contributed by atoms with E-state index < -0.39 is 6.10 Å². The molecule has 1 aliphatic heterocycles. The average Bonchev–Trinajstić information content (AvgIpc) is 2.98. The number of amides is 1. The maximum Gasteiger partial charge on any atom is 0.263 e. The van der Waals surface area contributed by atoms with Crippen LogP contribution in [0.3, 0.4) is 0 Å². The number of hydrogen-bond acceptors (Lipinski definition) is 5. The van der Waals surface area contributed by atoms with Crippen LogP contribution in [0.5, 0.6) is 0 Å². The molecule has 2 unspecified atom stereocenters. The van der Waals surface area contributed by atoms with Crippen molar-refractivity contribution < 1.29 is 9.53 Å². The molecule has 110 valence electrons. The Balaban J connectivity index is 1.79. The summed E-state index contributed by atoms with van der Waals surface area (Å²) in [5.74, 6) is 4.76. The number of hydrazine groups is 1. The van der Waals surface area contributed by atoms with Gasteiger partial charge < -0.3 is 4.74 Å². The molecule has 1 aliphatic rings. The van der Waals surface area contributed by atoms with Gasteiger partial charge in [-0.05, 0) is 25.0 Å². The van der Waals surface area contributed by atoms with Crippen molar-refractivity contribution in [1.29, 1.82) is 0 Å². The van der Waals surface area contributed by atoms with Crippen molar-refractivity contribution in [3.05, 3.63) is 40.9 Å². The predicted molar refractivity (Wildman–Crippen MR) is 76.2 cm³/mol. The summed E-state index contributed by atoms with van der Waals surface area (Å²) in [6, 6.07) is 7.20. The third kappa shape index (κ3) is 2.65. The van der Waals surface area contributed by atoms with Gasteiger partial charge in [-0.2, -0.15) is 0 Å². The fraction of sp³-hybridized carbons (Fsp3) is 0.357. The minimum absolute atomic E-state index is 0.101. The van der Waals surface area contributed by atoms with Gasteiger partial charge in [-0.3, -0.25) is 19.6 Å². The molecule has 21 heavy (non-hydrogen) atoms. The quantitative estimate of drug-likeness (QED) is 0.468. The fourth-order valence-corrected chi connectivity index (χ4v) is 2.58. The van der Waals surface area contributed by atoms with Crippen molar-refractivity contribution in [2.24, 2.45) is 5.84 Å². The molecule has 7 heteroatoms. The van der Waals surface area contributed by atoms with Crippen LogP contribution in [0.15, 0.2) is 35.4 Å². The summed E-state index contributed by atoms with van der Waals surface area (Å²) in [5, 5.41) is 0.578. The summed E-state index contributed by atoms with van der Waals surface area (Å²) in [7, 11) is 0. The van der Waals surface area contributed by atoms with Crippen LogP contribution in [0.1, 0.15) is 12.8 Å². The van der Waals surface area contributed by atoms with Crippen LogP contribution in [-0.2, 0) is 16.1 Å². The van der Waals surface area contributed by atoms with Gasteiger partial charge in [-0.25, -0.2) is 10.8 Å². The van der Waals surface area contributed by atoms with E-state index in [0.29, 0.717) is 30.3 Å². The molecular weight excluding hydrogens is 272 g/mol. The van der Waals surface area contributed by atoms with Gasteiger partial charge in [-0.1, -0.05) is 12.1 Å². The molecule has 1 aromatic carbocycles. The monoisotopic (exact) mass is 288 g/mol. The molecular formula is C14H16N4O3. The lowest BCUT2D eigenvalue weighted by Gasteiger charge is -2.14. The van der Waals surface area contributed by atoms with Gasteiger partial charge in [0.15, 0.2) is 0 Å². The maximum atomic E-state index is 12.4. The molecule has 3 N–H and O–H groups in total. The lowest BCUT2D eigenvalue weighted by atomic mass is 10.2. The van der Waals surface area contributed by atoms with Gasteiger partial charge in [0.2, 0.25) is 0 Å². The molecule has 1 aromatic heterocycles. The van der Waals surface area contributed by atoms with E-state index in [0.717, 1.165) is 0 Å². The molecule has 0 saturated carbocycles. The number of nitrogens with one attached hydrogen (secondary N) is 1. The van der Waals surface area contributed by atoms with E-state index in [1.165, 1.54) is 10.9 Å². The Morgan fingerprint density at radius 1 is 1.43 bits per heavy atom. The number of rotatable bonds is 3. The molecule has 0 radical (unpaired) electrons. The largest absolute Gasteiger partial charge is 0.363 e. The summed E-state index contributed by atoms with van der Waals surface area (Å²) in [4.78, 5) is 28.0. The molecule has 2 atom stereocenters. The number of carbonyl (C=O) groups is 1. The van der Waals surface area contributed by atoms with Crippen LogP contribution in [0, 0.1) is 0 Å². The Morgan fingerprint density at radius 2 is 2.24 bits per heavy atom. The average molecular weight is 288 g/mol. The lowest BCUT2D eigenvalue weighted by Crippen LogP contribution is -2.39. The standard InChI is InChI=1S/C14H16N4O3/c15-17-13(19)12-6-5-9(21-12)7-18-8-16-11-4-2-1-3-10(11)14(18)20/h1-4,8-9,12H,5-7,15H2,(H,17,19). The van der Waals surface area contributed by atoms with Crippen molar-refractivity contribution in [2.45, 2.75) is 31.6 Å². The first-order chi connectivity index (χ1) is 10.2. The molecule has 7 nitrogen and oxygen atoms in total. The van der Waals surface area contributed by atoms with Crippen LogP contribution >= 0.6 is 0 Å². The molecule has 1 amide bonds. The number of aromatic nitrogens is 2. The zero-order valence-electron chi connectivity index (χ0n) is 11.4. The maximum absolute atomic E-state index is 12.4. The Labute approximate surface area is 120 Å². The Morgan fingerprint density at radius 3 is 3.05 bits per heavy atom. The van der Waals surface area contributed by atoms with E-state index in [1.807, 2.05) is 12.1 Å². The first-order valence-corrected chi connectivity index (χ1v) is 6.79. The van der Waals surface area contributed by atoms with E-state index in [-0.39, 0.29) is 17.6 Å². The molecule has 3 rings (SSSR count). The Hall–Kier alpha value is -2.25. The summed E-state index contributed by atoms with van der Waals surface area (Å²) < 4.78 is 7.13. The highest BCUT2D eigenvalue weighted by Crippen LogP contribution is 2.20. The molecule has 0 bridgehead atoms. The third-order valence-electron chi connectivity index (χ3n) is 3.67. The van der Waals surface area contributed by atoms with Crippen LogP contribution in [0.2, 0.25) is 0 Å². The van der Waals surface area contributed by atoms with Crippen LogP contribution < -0.4 is 16.8 Å². The highest BCUT2D eigenvalue weighted by atomic mass is 16.5. The van der Waals surface area contributed by atoms with Gasteiger partial charge in [0.1, 0.15) is 6.10 Å². The number of hydrogen-bond donors (Lipinski definition) is 2. The molecule has 1 fully saturated rings. The second-order valence-corrected chi connectivity index (χ2v) is 5.05. The fourth-order valence-electron chi connectivity index (χ4n) is 2.58. The van der Waals surface area contributed by atoms with Gasteiger partial charge in [0.05, 0.1) is 29.9 Å². The van der Waals surface area contributed by atoms with Gasteiger partial charge in [0.25, 0.3) is 11.5 Å². The SMILES string of the molecule is NNC(=O)C1CCC(Cn2cnc3ccccc3c2=O)O1. The van der Waals surface area contributed by atoms with Gasteiger partial charge in [-0.15, -0.1) is 0 Å². The summed E-state index contributed by atoms with van der Waals surface area (Å²) in [6.45, 7) is 0.380. The lowest BCUT2D eigenvalue weighted by molar-refractivity contribution is -0.132. The van der Waals surface area contributed by atoms with Crippen LogP contribution in [-0.4, -0.2) is 27.7 Å². The van der Waals surface area contributed by atoms with Crippen molar-refractivity contribution in [2.75, 3.05) is 0 Å². The number of fused-ring (bicyclic) bond motifs is 1. The minimum atomic E-state index is -0.538. The number of nitrogens with zero attached hydrogens (tertiary/aromatic N) is 2. The second kappa shape index (κ2) is 5.63. The van der Waals surface area contributed by atoms with Gasteiger partial charge >= 0.3 is 0 Å². The Kier molecular flexibility index (Phi) is 3.68. The second-order valence-electron chi connectivity index (χ2n) is 5.05. The van der Waals surface area contributed by atoms with E-state index in [4.69, 9.17) is 10.6 Å². The molecule has 2 heterocycles. The molecule has 2 aromatic rings. The smallest absolute Gasteiger partial charge is 0.263 e. The van der Waals surface area contributed by atoms with Crippen molar-refractivity contribution >= 4 is 16.8 Å². The number of para-hydroxylation sites is 1. The molecule has 0 aliphatic carbocycles. The number of carbonyl (C=O) groups excluding carboxylic acids is 1. The van der Waals surface area contributed by atoms with E-state index in [2.05, 4.69) is 10.4 Å². The van der Waals surface area contributed by atoms with Crippen LogP contribution in [0.25, 0.3) is 10.9 Å². The first-order valence-electron chi connectivity index (χ1n) is 6.79. The zero-order valence-corrected chi connectivity index (χ0v) is 11.4. The zero-order chi connectivity index (χ0) is 14.8. The Bertz CT molecular complexity index is 727. The van der Waals surface area contributed by atoms with Gasteiger partial charge in [0, 0.05) is 0 Å². The number of ether oxygens (including phenoxy) is 1. The van der Waals surface area contributed by atoms with Crippen molar-refractivity contribution in [1.82, 2.24) is 15.0 Å². The predicted octanol–water partition coefficient (Wildman–Crippen LogP) is -0.0660. The molecule has 0 spiro atoms.